The Morgan fingerprint density at radius 2 is 2.05 bits per heavy atom. The molecule has 3 heteroatoms. The molecular weight excluding hydrogens is 260 g/mol. The third-order valence-corrected chi connectivity index (χ3v) is 5.01. The molecule has 2 aliphatic rings. The Balaban J connectivity index is 1.53. The van der Waals surface area contributed by atoms with Gasteiger partial charge in [-0.3, -0.25) is 9.80 Å². The van der Waals surface area contributed by atoms with Crippen LogP contribution in [0.2, 0.25) is 0 Å². The second kappa shape index (κ2) is 6.91. The van der Waals surface area contributed by atoms with E-state index in [1.165, 1.54) is 37.2 Å². The van der Waals surface area contributed by atoms with Crippen LogP contribution in [-0.4, -0.2) is 55.7 Å². The summed E-state index contributed by atoms with van der Waals surface area (Å²) in [5.74, 6) is 0.829. The van der Waals surface area contributed by atoms with Crippen molar-refractivity contribution in [1.82, 2.24) is 9.80 Å². The molecule has 2 aliphatic heterocycles. The molecule has 0 saturated carbocycles. The maximum Gasteiger partial charge on any atom is 0.0594 e. The number of benzene rings is 1. The topological polar surface area (TPSA) is 15.7 Å². The highest BCUT2D eigenvalue weighted by Gasteiger charge is 2.28. The molecule has 21 heavy (non-hydrogen) atoms. The van der Waals surface area contributed by atoms with Crippen molar-refractivity contribution in [2.75, 3.05) is 45.9 Å². The third-order valence-electron chi connectivity index (χ3n) is 5.01. The van der Waals surface area contributed by atoms with Crippen molar-refractivity contribution >= 4 is 0 Å². The highest BCUT2D eigenvalue weighted by atomic mass is 16.5. The van der Waals surface area contributed by atoms with Crippen molar-refractivity contribution in [3.05, 3.63) is 35.4 Å². The van der Waals surface area contributed by atoms with E-state index in [2.05, 4.69) is 47.9 Å². The molecule has 1 aromatic rings. The van der Waals surface area contributed by atoms with Gasteiger partial charge in [0.25, 0.3) is 0 Å². The van der Waals surface area contributed by atoms with Crippen LogP contribution in [0.5, 0.6) is 0 Å². The minimum atomic E-state index is 0.541. The molecule has 116 valence electrons. The lowest BCUT2D eigenvalue weighted by atomic mass is 10.0. The van der Waals surface area contributed by atoms with Crippen molar-refractivity contribution in [1.29, 1.82) is 0 Å². The van der Waals surface area contributed by atoms with Gasteiger partial charge in [0.15, 0.2) is 0 Å². The number of ether oxygens (including phenoxy) is 1. The van der Waals surface area contributed by atoms with Gasteiger partial charge in [0.05, 0.1) is 13.2 Å². The largest absolute Gasteiger partial charge is 0.379 e. The van der Waals surface area contributed by atoms with Crippen LogP contribution in [0.15, 0.2) is 24.3 Å². The summed E-state index contributed by atoms with van der Waals surface area (Å²) in [7, 11) is 0. The molecule has 3 rings (SSSR count). The van der Waals surface area contributed by atoms with Gasteiger partial charge in [-0.25, -0.2) is 0 Å². The first-order valence-corrected chi connectivity index (χ1v) is 8.33. The summed E-state index contributed by atoms with van der Waals surface area (Å²) < 4.78 is 5.44. The molecule has 1 aromatic carbocycles. The normalized spacial score (nSPS) is 26.1. The smallest absolute Gasteiger partial charge is 0.0594 e. The molecule has 0 unspecified atom stereocenters. The Morgan fingerprint density at radius 1 is 1.24 bits per heavy atom. The molecule has 0 amide bonds. The van der Waals surface area contributed by atoms with Crippen LogP contribution in [0.3, 0.4) is 0 Å². The Bertz CT molecular complexity index is 456. The molecule has 0 spiro atoms. The van der Waals surface area contributed by atoms with E-state index in [0.29, 0.717) is 6.04 Å². The number of hydrogen-bond acceptors (Lipinski definition) is 3. The van der Waals surface area contributed by atoms with Gasteiger partial charge in [0.1, 0.15) is 0 Å². The quantitative estimate of drug-likeness (QED) is 0.847. The van der Waals surface area contributed by atoms with Crippen molar-refractivity contribution in [2.45, 2.75) is 26.3 Å². The highest BCUT2D eigenvalue weighted by Crippen LogP contribution is 2.28. The summed E-state index contributed by atoms with van der Waals surface area (Å²) in [6, 6.07) is 9.51. The standard InChI is InChI=1S/C18H28N2O/c1-15-4-3-5-18(12-15)16(2)20-7-6-17(14-20)13-19-8-10-21-11-9-19/h3-5,12,16-17H,6-11,13-14H2,1-2H3/t16-,17-/m0/s1. The SMILES string of the molecule is Cc1cccc([C@H](C)N2CC[C@@H](CN3CCOCC3)C2)c1. The molecule has 0 radical (unpaired) electrons. The van der Waals surface area contributed by atoms with E-state index in [1.54, 1.807) is 0 Å². The molecule has 3 nitrogen and oxygen atoms in total. The van der Waals surface area contributed by atoms with Crippen molar-refractivity contribution in [3.63, 3.8) is 0 Å². The molecule has 2 fully saturated rings. The number of hydrogen-bond donors (Lipinski definition) is 0. The molecule has 2 heterocycles. The van der Waals surface area contributed by atoms with E-state index in [9.17, 15) is 0 Å². The van der Waals surface area contributed by atoms with E-state index in [1.807, 2.05) is 0 Å². The second-order valence-electron chi connectivity index (χ2n) is 6.65. The summed E-state index contributed by atoms with van der Waals surface area (Å²) >= 11 is 0. The lowest BCUT2D eigenvalue weighted by Gasteiger charge is -2.30. The van der Waals surface area contributed by atoms with Gasteiger partial charge in [-0.2, -0.15) is 0 Å². The number of nitrogens with zero attached hydrogens (tertiary/aromatic N) is 2. The zero-order valence-electron chi connectivity index (χ0n) is 13.4. The number of rotatable bonds is 4. The van der Waals surface area contributed by atoms with Gasteiger partial charge in [0, 0.05) is 32.2 Å². The molecule has 2 atom stereocenters. The molecular formula is C18H28N2O. The van der Waals surface area contributed by atoms with Crippen molar-refractivity contribution < 1.29 is 4.74 Å². The maximum atomic E-state index is 5.44. The van der Waals surface area contributed by atoms with E-state index >= 15 is 0 Å². The first-order chi connectivity index (χ1) is 10.2. The molecule has 0 bridgehead atoms. The fourth-order valence-corrected chi connectivity index (χ4v) is 3.65. The van der Waals surface area contributed by atoms with Crippen LogP contribution in [0.25, 0.3) is 0 Å². The molecule has 0 aliphatic carbocycles. The fourth-order valence-electron chi connectivity index (χ4n) is 3.65. The Morgan fingerprint density at radius 3 is 2.81 bits per heavy atom. The first-order valence-electron chi connectivity index (χ1n) is 8.33. The summed E-state index contributed by atoms with van der Waals surface area (Å²) in [4.78, 5) is 5.23. The van der Waals surface area contributed by atoms with Gasteiger partial charge in [-0.1, -0.05) is 29.8 Å². The molecule has 0 aromatic heterocycles. The summed E-state index contributed by atoms with van der Waals surface area (Å²) in [5.41, 5.74) is 2.82. The number of likely N-dealkylation sites (tertiary alicyclic amines) is 1. The van der Waals surface area contributed by atoms with Crippen LogP contribution in [0, 0.1) is 12.8 Å². The van der Waals surface area contributed by atoms with Gasteiger partial charge in [-0.15, -0.1) is 0 Å². The predicted molar refractivity (Wildman–Crippen MR) is 86.5 cm³/mol. The lowest BCUT2D eigenvalue weighted by Crippen LogP contribution is -2.40. The van der Waals surface area contributed by atoms with Crippen molar-refractivity contribution in [3.8, 4) is 0 Å². The van der Waals surface area contributed by atoms with Gasteiger partial charge in [-0.05, 0) is 38.3 Å². The summed E-state index contributed by atoms with van der Waals surface area (Å²) in [5, 5.41) is 0. The molecule has 0 N–H and O–H groups in total. The Kier molecular flexibility index (Phi) is 4.94. The highest BCUT2D eigenvalue weighted by molar-refractivity contribution is 5.24. The van der Waals surface area contributed by atoms with Gasteiger partial charge < -0.3 is 4.74 Å². The van der Waals surface area contributed by atoms with E-state index in [-0.39, 0.29) is 0 Å². The maximum absolute atomic E-state index is 5.44. The second-order valence-corrected chi connectivity index (χ2v) is 6.65. The van der Waals surface area contributed by atoms with Gasteiger partial charge >= 0.3 is 0 Å². The fraction of sp³-hybridized carbons (Fsp3) is 0.667. The van der Waals surface area contributed by atoms with Crippen LogP contribution < -0.4 is 0 Å². The molecule has 2 saturated heterocycles. The monoisotopic (exact) mass is 288 g/mol. The van der Waals surface area contributed by atoms with E-state index < -0.39 is 0 Å². The zero-order valence-corrected chi connectivity index (χ0v) is 13.4. The Labute approximate surface area is 128 Å². The Hall–Kier alpha value is -0.900. The van der Waals surface area contributed by atoms with Crippen LogP contribution in [0.1, 0.15) is 30.5 Å². The minimum Gasteiger partial charge on any atom is -0.379 e. The first kappa shape index (κ1) is 15.0. The van der Waals surface area contributed by atoms with E-state index in [0.717, 1.165) is 32.2 Å². The predicted octanol–water partition coefficient (Wildman–Crippen LogP) is 2.71. The van der Waals surface area contributed by atoms with Crippen LogP contribution in [-0.2, 0) is 4.74 Å². The average molecular weight is 288 g/mol. The van der Waals surface area contributed by atoms with Crippen molar-refractivity contribution in [2.24, 2.45) is 5.92 Å². The lowest BCUT2D eigenvalue weighted by molar-refractivity contribution is 0.0309. The zero-order chi connectivity index (χ0) is 14.7. The number of aryl methyl sites for hydroxylation is 1. The summed E-state index contributed by atoms with van der Waals surface area (Å²) in [6.07, 6.45) is 1.34. The summed E-state index contributed by atoms with van der Waals surface area (Å²) in [6.45, 7) is 12.3. The third kappa shape index (κ3) is 3.85. The number of morpholine rings is 1. The van der Waals surface area contributed by atoms with Crippen LogP contribution >= 0.6 is 0 Å². The van der Waals surface area contributed by atoms with Gasteiger partial charge in [0.2, 0.25) is 0 Å². The van der Waals surface area contributed by atoms with E-state index in [4.69, 9.17) is 4.74 Å². The minimum absolute atomic E-state index is 0.541. The average Bonchev–Trinajstić information content (AvgIpc) is 2.96. The van der Waals surface area contributed by atoms with Crippen LogP contribution in [0.4, 0.5) is 0 Å².